The zero-order chi connectivity index (χ0) is 21.2. The second-order valence-corrected chi connectivity index (χ2v) is 6.87. The number of unbranched alkanes of at least 4 members (excludes halogenated alkanes) is 1. The quantitative estimate of drug-likeness (QED) is 0.500. The Kier molecular flexibility index (Phi) is 7.61. The molecule has 154 valence electrons. The molecule has 2 N–H and O–H groups in total. The minimum atomic E-state index is -0.309. The molecule has 3 aromatic carbocycles. The molecule has 2 amide bonds. The molecule has 5 heteroatoms. The summed E-state index contributed by atoms with van der Waals surface area (Å²) in [5.41, 5.74) is 3.22. The van der Waals surface area contributed by atoms with E-state index in [4.69, 9.17) is 4.74 Å². The molecule has 5 nitrogen and oxygen atoms in total. The number of carbonyl (C=O) groups excluding carboxylic acids is 2. The number of amides is 2. The molecule has 0 aliphatic carbocycles. The maximum absolute atomic E-state index is 12.4. The number of hydrogen-bond donors (Lipinski definition) is 2. The van der Waals surface area contributed by atoms with Crippen molar-refractivity contribution in [1.82, 2.24) is 5.32 Å². The topological polar surface area (TPSA) is 67.4 Å². The van der Waals surface area contributed by atoms with Crippen LogP contribution in [0.5, 0.6) is 5.75 Å². The first-order valence-electron chi connectivity index (χ1n) is 10.1. The first-order valence-corrected chi connectivity index (χ1v) is 10.1. The fraction of sp³-hybridized carbons (Fsp3) is 0.200. The molecule has 0 aromatic heterocycles. The Balaban J connectivity index is 1.53. The molecule has 0 heterocycles. The average Bonchev–Trinajstić information content (AvgIpc) is 2.79. The van der Waals surface area contributed by atoms with Crippen LogP contribution in [0.4, 0.5) is 5.69 Å². The average molecular weight is 402 g/mol. The van der Waals surface area contributed by atoms with Gasteiger partial charge in [0.1, 0.15) is 5.75 Å². The Morgan fingerprint density at radius 2 is 1.50 bits per heavy atom. The summed E-state index contributed by atoms with van der Waals surface area (Å²) >= 11 is 0. The number of rotatable bonds is 9. The van der Waals surface area contributed by atoms with Gasteiger partial charge in [0.05, 0.1) is 18.8 Å². The van der Waals surface area contributed by atoms with Crippen LogP contribution in [0.1, 0.15) is 30.1 Å². The summed E-state index contributed by atoms with van der Waals surface area (Å²) in [5, 5.41) is 5.45. The van der Waals surface area contributed by atoms with E-state index in [0.717, 1.165) is 24.0 Å². The molecule has 0 bridgehead atoms. The van der Waals surface area contributed by atoms with Crippen molar-refractivity contribution >= 4 is 17.5 Å². The van der Waals surface area contributed by atoms with Gasteiger partial charge in [0, 0.05) is 5.56 Å². The van der Waals surface area contributed by atoms with Gasteiger partial charge in [0.15, 0.2) is 0 Å². The number of nitrogens with one attached hydrogen (secondary N) is 2. The van der Waals surface area contributed by atoms with Crippen LogP contribution in [0.3, 0.4) is 0 Å². The van der Waals surface area contributed by atoms with Crippen LogP contribution in [-0.2, 0) is 4.79 Å². The number of benzene rings is 3. The van der Waals surface area contributed by atoms with Gasteiger partial charge in [-0.3, -0.25) is 9.59 Å². The Bertz CT molecular complexity index is 969. The number of hydrogen-bond acceptors (Lipinski definition) is 3. The minimum Gasteiger partial charge on any atom is -0.491 e. The molecule has 0 radical (unpaired) electrons. The van der Waals surface area contributed by atoms with Crippen LogP contribution < -0.4 is 15.4 Å². The Labute approximate surface area is 177 Å². The van der Waals surface area contributed by atoms with Crippen molar-refractivity contribution in [3.05, 3.63) is 84.4 Å². The smallest absolute Gasteiger partial charge is 0.251 e. The monoisotopic (exact) mass is 402 g/mol. The van der Waals surface area contributed by atoms with Crippen LogP contribution in [0, 0.1) is 0 Å². The predicted molar refractivity (Wildman–Crippen MR) is 120 cm³/mol. The Morgan fingerprint density at radius 3 is 2.23 bits per heavy atom. The van der Waals surface area contributed by atoms with Gasteiger partial charge in [-0.1, -0.05) is 67.9 Å². The van der Waals surface area contributed by atoms with Crippen molar-refractivity contribution in [1.29, 1.82) is 0 Å². The number of para-hydroxylation sites is 2. The molecular weight excluding hydrogens is 376 g/mol. The van der Waals surface area contributed by atoms with E-state index < -0.39 is 0 Å². The summed E-state index contributed by atoms with van der Waals surface area (Å²) in [4.78, 5) is 24.7. The van der Waals surface area contributed by atoms with Crippen molar-refractivity contribution in [2.45, 2.75) is 19.8 Å². The zero-order valence-corrected chi connectivity index (χ0v) is 17.1. The lowest BCUT2D eigenvalue weighted by molar-refractivity contribution is -0.115. The summed E-state index contributed by atoms with van der Waals surface area (Å²) < 4.78 is 5.72. The third-order valence-corrected chi connectivity index (χ3v) is 4.58. The van der Waals surface area contributed by atoms with E-state index in [9.17, 15) is 9.59 Å². The van der Waals surface area contributed by atoms with E-state index in [1.54, 1.807) is 18.2 Å². The van der Waals surface area contributed by atoms with E-state index in [0.29, 0.717) is 23.6 Å². The van der Waals surface area contributed by atoms with Crippen molar-refractivity contribution in [3.8, 4) is 16.9 Å². The van der Waals surface area contributed by atoms with Gasteiger partial charge in [-0.25, -0.2) is 0 Å². The summed E-state index contributed by atoms with van der Waals surface area (Å²) in [6.07, 6.45) is 1.98. The highest BCUT2D eigenvalue weighted by Crippen LogP contribution is 2.24. The molecule has 0 unspecified atom stereocenters. The van der Waals surface area contributed by atoms with Gasteiger partial charge in [-0.15, -0.1) is 0 Å². The van der Waals surface area contributed by atoms with Crippen LogP contribution in [0.25, 0.3) is 11.1 Å². The summed E-state index contributed by atoms with van der Waals surface area (Å²) in [5.74, 6) is 0.0233. The first-order chi connectivity index (χ1) is 14.7. The largest absolute Gasteiger partial charge is 0.491 e. The fourth-order valence-corrected chi connectivity index (χ4v) is 2.92. The molecule has 3 aromatic rings. The molecular formula is C25H26N2O3. The van der Waals surface area contributed by atoms with Gasteiger partial charge >= 0.3 is 0 Å². The molecule has 0 spiro atoms. The van der Waals surface area contributed by atoms with Crippen molar-refractivity contribution in [2.24, 2.45) is 0 Å². The molecule has 30 heavy (non-hydrogen) atoms. The van der Waals surface area contributed by atoms with Crippen LogP contribution in [-0.4, -0.2) is 25.0 Å². The van der Waals surface area contributed by atoms with Crippen LogP contribution >= 0.6 is 0 Å². The maximum Gasteiger partial charge on any atom is 0.251 e. The molecule has 0 aliphatic heterocycles. The molecule has 0 fully saturated rings. The number of anilines is 1. The van der Waals surface area contributed by atoms with Gasteiger partial charge in [0.25, 0.3) is 5.91 Å². The maximum atomic E-state index is 12.4. The second-order valence-electron chi connectivity index (χ2n) is 6.87. The lowest BCUT2D eigenvalue weighted by Gasteiger charge is -2.12. The Morgan fingerprint density at radius 1 is 0.833 bits per heavy atom. The van der Waals surface area contributed by atoms with Crippen LogP contribution in [0.15, 0.2) is 78.9 Å². The van der Waals surface area contributed by atoms with Gasteiger partial charge in [0.2, 0.25) is 5.91 Å². The highest BCUT2D eigenvalue weighted by atomic mass is 16.5. The van der Waals surface area contributed by atoms with E-state index in [1.165, 1.54) is 0 Å². The van der Waals surface area contributed by atoms with Crippen molar-refractivity contribution < 1.29 is 14.3 Å². The van der Waals surface area contributed by atoms with Crippen molar-refractivity contribution in [2.75, 3.05) is 18.5 Å². The lowest BCUT2D eigenvalue weighted by atomic mass is 10.0. The van der Waals surface area contributed by atoms with E-state index in [1.807, 2.05) is 60.7 Å². The number of carbonyl (C=O) groups is 2. The lowest BCUT2D eigenvalue weighted by Crippen LogP contribution is -2.32. The van der Waals surface area contributed by atoms with E-state index >= 15 is 0 Å². The third kappa shape index (κ3) is 5.95. The molecule has 0 aliphatic rings. The molecule has 0 atom stereocenters. The summed E-state index contributed by atoms with van der Waals surface area (Å²) in [6, 6.07) is 24.5. The molecule has 0 saturated heterocycles. The summed E-state index contributed by atoms with van der Waals surface area (Å²) in [6.45, 7) is 2.57. The van der Waals surface area contributed by atoms with Gasteiger partial charge < -0.3 is 15.4 Å². The highest BCUT2D eigenvalue weighted by molar-refractivity contribution is 6.00. The fourth-order valence-electron chi connectivity index (χ4n) is 2.92. The third-order valence-electron chi connectivity index (χ3n) is 4.58. The number of ether oxygens (including phenoxy) is 1. The standard InChI is InChI=1S/C25H26N2O3/c1-2-3-17-30-23-12-8-7-11-22(23)27-24(28)18-26-25(29)21-15-13-20(14-16-21)19-9-5-4-6-10-19/h4-16H,2-3,17-18H2,1H3,(H,26,29)(H,27,28). The molecule has 3 rings (SSSR count). The first kappa shape index (κ1) is 21.1. The minimum absolute atomic E-state index is 0.122. The predicted octanol–water partition coefficient (Wildman–Crippen LogP) is 4.90. The Hall–Kier alpha value is -3.60. The normalized spacial score (nSPS) is 10.3. The zero-order valence-electron chi connectivity index (χ0n) is 17.1. The van der Waals surface area contributed by atoms with E-state index in [-0.39, 0.29) is 18.4 Å². The van der Waals surface area contributed by atoms with Crippen molar-refractivity contribution in [3.63, 3.8) is 0 Å². The SMILES string of the molecule is CCCCOc1ccccc1NC(=O)CNC(=O)c1ccc(-c2ccccc2)cc1. The van der Waals surface area contributed by atoms with Crippen LogP contribution in [0.2, 0.25) is 0 Å². The van der Waals surface area contributed by atoms with Gasteiger partial charge in [-0.2, -0.15) is 0 Å². The highest BCUT2D eigenvalue weighted by Gasteiger charge is 2.11. The van der Waals surface area contributed by atoms with Gasteiger partial charge in [-0.05, 0) is 41.8 Å². The molecule has 0 saturated carbocycles. The summed E-state index contributed by atoms with van der Waals surface area (Å²) in [7, 11) is 0. The van der Waals surface area contributed by atoms with E-state index in [2.05, 4.69) is 17.6 Å². The second kappa shape index (κ2) is 10.8.